The molecule has 1 saturated carbocycles. The summed E-state index contributed by atoms with van der Waals surface area (Å²) < 4.78 is 12.2. The number of aliphatic hydroxyl groups is 1. The molecular formula is C13H25FN2O. The van der Waals surface area contributed by atoms with E-state index >= 15 is 0 Å². The highest BCUT2D eigenvalue weighted by Gasteiger charge is 2.32. The van der Waals surface area contributed by atoms with Crippen LogP contribution < -0.4 is 0 Å². The molecule has 0 aromatic heterocycles. The molecule has 1 aliphatic heterocycles. The first-order chi connectivity index (χ1) is 8.22. The molecule has 0 aromatic rings. The summed E-state index contributed by atoms with van der Waals surface area (Å²) >= 11 is 0. The molecule has 2 aliphatic rings. The van der Waals surface area contributed by atoms with Gasteiger partial charge in [-0.25, -0.2) is 4.39 Å². The number of rotatable bonds is 4. The fourth-order valence-corrected chi connectivity index (χ4v) is 3.07. The lowest BCUT2D eigenvalue weighted by atomic mass is 9.84. The smallest absolute Gasteiger partial charge is 0.102 e. The second-order valence-electron chi connectivity index (χ2n) is 5.59. The van der Waals surface area contributed by atoms with Crippen LogP contribution in [0.5, 0.6) is 0 Å². The third-order valence-electron chi connectivity index (χ3n) is 4.17. The summed E-state index contributed by atoms with van der Waals surface area (Å²) in [4.78, 5) is 4.52. The fourth-order valence-electron chi connectivity index (χ4n) is 3.07. The van der Waals surface area contributed by atoms with E-state index < -0.39 is 5.60 Å². The Morgan fingerprint density at radius 2 is 1.53 bits per heavy atom. The third kappa shape index (κ3) is 3.90. The monoisotopic (exact) mass is 244 g/mol. The van der Waals surface area contributed by atoms with Crippen LogP contribution in [0.3, 0.4) is 0 Å². The van der Waals surface area contributed by atoms with E-state index in [-0.39, 0.29) is 6.67 Å². The minimum atomic E-state index is -0.444. The van der Waals surface area contributed by atoms with Gasteiger partial charge in [0.2, 0.25) is 0 Å². The maximum atomic E-state index is 12.2. The first-order valence-electron chi connectivity index (χ1n) is 6.95. The molecule has 0 bridgehead atoms. The van der Waals surface area contributed by atoms with Gasteiger partial charge in [-0.3, -0.25) is 9.80 Å². The molecule has 4 heteroatoms. The lowest BCUT2D eigenvalue weighted by Gasteiger charge is -2.40. The number of hydrogen-bond acceptors (Lipinski definition) is 3. The zero-order valence-electron chi connectivity index (χ0n) is 10.7. The number of piperazine rings is 1. The molecule has 0 unspecified atom stereocenters. The number of β-amino-alcohol motifs (C(OH)–C–C–N with tert-alkyl or cyclic N) is 1. The minimum Gasteiger partial charge on any atom is -0.389 e. The number of halogens is 1. The van der Waals surface area contributed by atoms with Crippen molar-refractivity contribution in [1.82, 2.24) is 9.80 Å². The van der Waals surface area contributed by atoms with Gasteiger partial charge in [-0.2, -0.15) is 0 Å². The normalized spacial score (nSPS) is 27.2. The lowest BCUT2D eigenvalue weighted by Crippen LogP contribution is -2.52. The van der Waals surface area contributed by atoms with Gasteiger partial charge in [-0.15, -0.1) is 0 Å². The Balaban J connectivity index is 1.73. The van der Waals surface area contributed by atoms with Crippen LogP contribution in [0.25, 0.3) is 0 Å². The molecule has 2 rings (SSSR count). The van der Waals surface area contributed by atoms with Gasteiger partial charge in [-0.05, 0) is 12.8 Å². The van der Waals surface area contributed by atoms with E-state index in [0.29, 0.717) is 6.54 Å². The van der Waals surface area contributed by atoms with E-state index in [1.807, 2.05) is 0 Å². The summed E-state index contributed by atoms with van der Waals surface area (Å²) in [6.45, 7) is 4.98. The summed E-state index contributed by atoms with van der Waals surface area (Å²) in [6, 6.07) is 0. The van der Waals surface area contributed by atoms with E-state index in [4.69, 9.17) is 0 Å². The molecule has 0 atom stereocenters. The topological polar surface area (TPSA) is 26.7 Å². The zero-order chi connectivity index (χ0) is 12.1. The number of alkyl halides is 1. The van der Waals surface area contributed by atoms with Gasteiger partial charge in [-0.1, -0.05) is 19.3 Å². The van der Waals surface area contributed by atoms with Crippen LogP contribution in [0.1, 0.15) is 32.1 Å². The standard InChI is InChI=1S/C13H25FN2O/c14-6-7-15-8-10-16(11-9-15)12-13(17)4-2-1-3-5-13/h17H,1-12H2. The van der Waals surface area contributed by atoms with E-state index in [9.17, 15) is 9.50 Å². The van der Waals surface area contributed by atoms with Gasteiger partial charge in [0.25, 0.3) is 0 Å². The van der Waals surface area contributed by atoms with E-state index in [2.05, 4.69) is 9.80 Å². The summed E-state index contributed by atoms with van der Waals surface area (Å²) in [6.07, 6.45) is 5.51. The SMILES string of the molecule is OC1(CN2CCN(CCF)CC2)CCCCC1. The Labute approximate surface area is 104 Å². The average molecular weight is 244 g/mol. The second kappa shape index (κ2) is 6.12. The van der Waals surface area contributed by atoms with Crippen LogP contribution in [0.15, 0.2) is 0 Å². The van der Waals surface area contributed by atoms with E-state index in [1.165, 1.54) is 6.42 Å². The molecule has 1 N–H and O–H groups in total. The molecule has 1 heterocycles. The highest BCUT2D eigenvalue weighted by atomic mass is 19.1. The van der Waals surface area contributed by atoms with Crippen molar-refractivity contribution < 1.29 is 9.50 Å². The van der Waals surface area contributed by atoms with Crippen molar-refractivity contribution in [3.63, 3.8) is 0 Å². The highest BCUT2D eigenvalue weighted by Crippen LogP contribution is 2.29. The summed E-state index contributed by atoms with van der Waals surface area (Å²) in [5, 5.41) is 10.5. The molecule has 0 radical (unpaired) electrons. The maximum absolute atomic E-state index is 12.2. The molecule has 100 valence electrons. The number of hydrogen-bond donors (Lipinski definition) is 1. The highest BCUT2D eigenvalue weighted by molar-refractivity contribution is 4.87. The third-order valence-corrected chi connectivity index (χ3v) is 4.17. The Kier molecular flexibility index (Phi) is 4.77. The van der Waals surface area contributed by atoms with Crippen molar-refractivity contribution in [2.24, 2.45) is 0 Å². The van der Waals surface area contributed by atoms with Gasteiger partial charge in [0.05, 0.1) is 5.60 Å². The predicted octanol–water partition coefficient (Wildman–Crippen LogP) is 1.27. The van der Waals surface area contributed by atoms with Crippen molar-refractivity contribution in [1.29, 1.82) is 0 Å². The average Bonchev–Trinajstić information content (AvgIpc) is 2.33. The lowest BCUT2D eigenvalue weighted by molar-refractivity contribution is -0.0357. The van der Waals surface area contributed by atoms with Gasteiger partial charge in [0.15, 0.2) is 0 Å². The van der Waals surface area contributed by atoms with Crippen LogP contribution in [-0.4, -0.2) is 66.5 Å². The molecule has 2 fully saturated rings. The quantitative estimate of drug-likeness (QED) is 0.807. The Morgan fingerprint density at radius 1 is 0.941 bits per heavy atom. The maximum Gasteiger partial charge on any atom is 0.102 e. The molecule has 1 aliphatic carbocycles. The Bertz CT molecular complexity index is 223. The van der Waals surface area contributed by atoms with Crippen LogP contribution in [-0.2, 0) is 0 Å². The Morgan fingerprint density at radius 3 is 2.12 bits per heavy atom. The van der Waals surface area contributed by atoms with Gasteiger partial charge >= 0.3 is 0 Å². The molecule has 1 saturated heterocycles. The first kappa shape index (κ1) is 13.2. The van der Waals surface area contributed by atoms with E-state index in [0.717, 1.165) is 58.4 Å². The second-order valence-corrected chi connectivity index (χ2v) is 5.59. The van der Waals surface area contributed by atoms with Crippen molar-refractivity contribution in [2.75, 3.05) is 45.9 Å². The van der Waals surface area contributed by atoms with Gasteiger partial charge in [0, 0.05) is 39.3 Å². The largest absolute Gasteiger partial charge is 0.389 e. The summed E-state index contributed by atoms with van der Waals surface area (Å²) in [5.41, 5.74) is -0.444. The van der Waals surface area contributed by atoms with E-state index in [1.54, 1.807) is 0 Å². The van der Waals surface area contributed by atoms with Crippen molar-refractivity contribution >= 4 is 0 Å². The number of nitrogens with zero attached hydrogens (tertiary/aromatic N) is 2. The zero-order valence-corrected chi connectivity index (χ0v) is 10.7. The molecule has 0 aromatic carbocycles. The molecule has 3 nitrogen and oxygen atoms in total. The summed E-state index contributed by atoms with van der Waals surface area (Å²) in [7, 11) is 0. The van der Waals surface area contributed by atoms with Crippen molar-refractivity contribution in [2.45, 2.75) is 37.7 Å². The van der Waals surface area contributed by atoms with Gasteiger partial charge < -0.3 is 5.11 Å². The Hall–Kier alpha value is -0.190. The van der Waals surface area contributed by atoms with Crippen molar-refractivity contribution in [3.8, 4) is 0 Å². The molecule has 17 heavy (non-hydrogen) atoms. The van der Waals surface area contributed by atoms with Crippen LogP contribution >= 0.6 is 0 Å². The molecule has 0 amide bonds. The molecular weight excluding hydrogens is 219 g/mol. The van der Waals surface area contributed by atoms with Crippen molar-refractivity contribution in [3.05, 3.63) is 0 Å². The predicted molar refractivity (Wildman–Crippen MR) is 66.9 cm³/mol. The molecule has 0 spiro atoms. The van der Waals surface area contributed by atoms with Crippen LogP contribution in [0, 0.1) is 0 Å². The van der Waals surface area contributed by atoms with Gasteiger partial charge in [0.1, 0.15) is 6.67 Å². The van der Waals surface area contributed by atoms with Crippen LogP contribution in [0.4, 0.5) is 4.39 Å². The minimum absolute atomic E-state index is 0.246. The first-order valence-corrected chi connectivity index (χ1v) is 6.95. The fraction of sp³-hybridized carbons (Fsp3) is 1.00. The summed E-state index contributed by atoms with van der Waals surface area (Å²) in [5.74, 6) is 0. The van der Waals surface area contributed by atoms with Crippen LogP contribution in [0.2, 0.25) is 0 Å².